The van der Waals surface area contributed by atoms with E-state index in [2.05, 4.69) is 6.58 Å². The number of unbranched alkanes of at least 4 members (excludes halogenated alkanes) is 1. The molecule has 2 fully saturated rings. The zero-order chi connectivity index (χ0) is 16.2. The van der Waals surface area contributed by atoms with Gasteiger partial charge in [0.1, 0.15) is 24.4 Å². The smallest absolute Gasteiger partial charge is 0.217 e. The summed E-state index contributed by atoms with van der Waals surface area (Å²) in [5.74, 6) is 0.507. The Hall–Kier alpha value is -1.22. The minimum absolute atomic E-state index is 0.215. The largest absolute Gasteiger partial charge is 0.464 e. The van der Waals surface area contributed by atoms with Gasteiger partial charge in [0.05, 0.1) is 19.5 Å². The maximum absolute atomic E-state index is 10.3. The molecule has 0 aliphatic carbocycles. The van der Waals surface area contributed by atoms with Gasteiger partial charge >= 0.3 is 0 Å². The van der Waals surface area contributed by atoms with Crippen LogP contribution in [-0.4, -0.2) is 54.1 Å². The maximum Gasteiger partial charge on any atom is 0.217 e. The molecule has 6 atom stereocenters. The van der Waals surface area contributed by atoms with Crippen molar-refractivity contribution in [2.24, 2.45) is 0 Å². The molecule has 7 heteroatoms. The van der Waals surface area contributed by atoms with Gasteiger partial charge in [0, 0.05) is 0 Å². The van der Waals surface area contributed by atoms with Crippen LogP contribution in [0.15, 0.2) is 35.5 Å². The molecule has 2 N–H and O–H groups in total. The Morgan fingerprint density at radius 1 is 1.30 bits per heavy atom. The molecule has 0 saturated carbocycles. The summed E-state index contributed by atoms with van der Waals surface area (Å²) in [4.78, 5) is 0. The van der Waals surface area contributed by atoms with E-state index in [1.165, 1.54) is 6.26 Å². The zero-order valence-electron chi connectivity index (χ0n) is 12.7. The van der Waals surface area contributed by atoms with Crippen molar-refractivity contribution in [1.29, 1.82) is 0 Å². The van der Waals surface area contributed by atoms with Crippen LogP contribution in [0.25, 0.3) is 0 Å². The molecule has 0 aromatic carbocycles. The van der Waals surface area contributed by atoms with E-state index in [1.807, 2.05) is 0 Å². The molecule has 0 bridgehead atoms. The van der Waals surface area contributed by atoms with Gasteiger partial charge in [-0.1, -0.05) is 6.08 Å². The van der Waals surface area contributed by atoms with E-state index in [0.717, 1.165) is 12.8 Å². The average Bonchev–Trinajstić information content (AvgIpc) is 3.10. The van der Waals surface area contributed by atoms with Crippen LogP contribution in [0.2, 0.25) is 0 Å². The zero-order valence-corrected chi connectivity index (χ0v) is 12.7. The lowest BCUT2D eigenvalue weighted by Crippen LogP contribution is -2.62. The fourth-order valence-electron chi connectivity index (χ4n) is 2.71. The van der Waals surface area contributed by atoms with E-state index in [4.69, 9.17) is 23.4 Å². The number of furan rings is 1. The summed E-state index contributed by atoms with van der Waals surface area (Å²) in [6.45, 7) is 4.26. The van der Waals surface area contributed by atoms with Gasteiger partial charge in [-0.15, -0.1) is 6.58 Å². The Labute approximate surface area is 134 Å². The summed E-state index contributed by atoms with van der Waals surface area (Å²) < 4.78 is 27.7. The van der Waals surface area contributed by atoms with Crippen LogP contribution in [0.4, 0.5) is 0 Å². The number of allylic oxidation sites excluding steroid dienone is 1. The molecule has 0 radical (unpaired) electrons. The summed E-state index contributed by atoms with van der Waals surface area (Å²) in [6, 6.07) is 3.45. The summed E-state index contributed by atoms with van der Waals surface area (Å²) in [6.07, 6.45) is -0.248. The molecule has 7 nitrogen and oxygen atoms in total. The molecule has 1 aromatic rings. The first-order valence-corrected chi connectivity index (χ1v) is 7.75. The molecule has 0 amide bonds. The fraction of sp³-hybridized carbons (Fsp3) is 0.625. The molecular formula is C16H22O7. The standard InChI is InChI=1S/C16H22O7/c1-2-3-4-7-20-16-13(18)12(17)14-11(22-16)9-21-15(23-14)10-6-5-8-19-10/h2,5-6,8,11-18H,1,3-4,7,9H2. The molecular weight excluding hydrogens is 304 g/mol. The Kier molecular flexibility index (Phi) is 5.47. The molecule has 3 heterocycles. The van der Waals surface area contributed by atoms with E-state index in [1.54, 1.807) is 18.2 Å². The van der Waals surface area contributed by atoms with Crippen molar-refractivity contribution >= 4 is 0 Å². The number of hydrogen-bond acceptors (Lipinski definition) is 7. The van der Waals surface area contributed by atoms with E-state index in [9.17, 15) is 10.2 Å². The number of aliphatic hydroxyl groups is 2. The van der Waals surface area contributed by atoms with Gasteiger partial charge in [-0.25, -0.2) is 0 Å². The van der Waals surface area contributed by atoms with Gasteiger partial charge in [0.15, 0.2) is 12.1 Å². The predicted octanol–water partition coefficient (Wildman–Crippen LogP) is 1.12. The summed E-state index contributed by atoms with van der Waals surface area (Å²) in [7, 11) is 0. The van der Waals surface area contributed by atoms with Crippen molar-refractivity contribution in [3.05, 3.63) is 36.8 Å². The summed E-state index contributed by atoms with van der Waals surface area (Å²) in [5, 5.41) is 20.5. The second kappa shape index (κ2) is 7.57. The topological polar surface area (TPSA) is 90.5 Å². The predicted molar refractivity (Wildman–Crippen MR) is 78.3 cm³/mol. The van der Waals surface area contributed by atoms with Gasteiger partial charge in [-0.2, -0.15) is 0 Å². The van der Waals surface area contributed by atoms with Crippen LogP contribution in [0, 0.1) is 0 Å². The monoisotopic (exact) mass is 326 g/mol. The van der Waals surface area contributed by atoms with Crippen molar-refractivity contribution in [1.82, 2.24) is 0 Å². The van der Waals surface area contributed by atoms with Crippen molar-refractivity contribution in [3.63, 3.8) is 0 Å². The van der Waals surface area contributed by atoms with E-state index >= 15 is 0 Å². The van der Waals surface area contributed by atoms with Gasteiger partial charge < -0.3 is 33.6 Å². The normalized spacial score (nSPS) is 37.3. The lowest BCUT2D eigenvalue weighted by molar-refractivity contribution is -0.363. The molecule has 1 aromatic heterocycles. The third-order valence-electron chi connectivity index (χ3n) is 3.94. The highest BCUT2D eigenvalue weighted by Crippen LogP contribution is 2.34. The Bertz CT molecular complexity index is 487. The quantitative estimate of drug-likeness (QED) is 0.598. The summed E-state index contributed by atoms with van der Waals surface area (Å²) >= 11 is 0. The second-order valence-corrected chi connectivity index (χ2v) is 5.61. The van der Waals surface area contributed by atoms with Crippen molar-refractivity contribution < 1.29 is 33.6 Å². The molecule has 128 valence electrons. The minimum atomic E-state index is -1.18. The van der Waals surface area contributed by atoms with Crippen LogP contribution >= 0.6 is 0 Å². The van der Waals surface area contributed by atoms with Crippen molar-refractivity contribution in [3.8, 4) is 0 Å². The van der Waals surface area contributed by atoms with Gasteiger partial charge in [-0.05, 0) is 25.0 Å². The average molecular weight is 326 g/mol. The Balaban J connectivity index is 1.58. The Morgan fingerprint density at radius 3 is 2.91 bits per heavy atom. The first kappa shape index (κ1) is 16.6. The minimum Gasteiger partial charge on any atom is -0.464 e. The number of aliphatic hydroxyl groups excluding tert-OH is 2. The fourth-order valence-corrected chi connectivity index (χ4v) is 2.71. The molecule has 2 aliphatic rings. The van der Waals surface area contributed by atoms with E-state index in [0.29, 0.717) is 12.4 Å². The molecule has 6 unspecified atom stereocenters. The third kappa shape index (κ3) is 3.65. The molecule has 2 aliphatic heterocycles. The first-order chi connectivity index (χ1) is 11.2. The number of ether oxygens (including phenoxy) is 4. The van der Waals surface area contributed by atoms with Crippen LogP contribution in [0.3, 0.4) is 0 Å². The summed E-state index contributed by atoms with van der Waals surface area (Å²) in [5.41, 5.74) is 0. The van der Waals surface area contributed by atoms with Gasteiger partial charge in [0.2, 0.25) is 6.29 Å². The highest BCUT2D eigenvalue weighted by Gasteiger charge is 2.49. The molecule has 2 saturated heterocycles. The molecule has 0 spiro atoms. The van der Waals surface area contributed by atoms with Crippen LogP contribution in [0.5, 0.6) is 0 Å². The highest BCUT2D eigenvalue weighted by atomic mass is 16.8. The van der Waals surface area contributed by atoms with Crippen LogP contribution in [-0.2, 0) is 18.9 Å². The van der Waals surface area contributed by atoms with Crippen molar-refractivity contribution in [2.75, 3.05) is 13.2 Å². The molecule has 3 rings (SSSR count). The second-order valence-electron chi connectivity index (χ2n) is 5.61. The highest BCUT2D eigenvalue weighted by molar-refractivity contribution is 5.02. The number of hydrogen-bond donors (Lipinski definition) is 2. The van der Waals surface area contributed by atoms with Gasteiger partial charge in [-0.3, -0.25) is 0 Å². The first-order valence-electron chi connectivity index (χ1n) is 7.75. The van der Waals surface area contributed by atoms with E-state index < -0.39 is 37.0 Å². The van der Waals surface area contributed by atoms with Crippen molar-refractivity contribution in [2.45, 2.75) is 49.8 Å². The van der Waals surface area contributed by atoms with E-state index in [-0.39, 0.29) is 6.61 Å². The molecule has 23 heavy (non-hydrogen) atoms. The van der Waals surface area contributed by atoms with Gasteiger partial charge in [0.25, 0.3) is 0 Å². The maximum atomic E-state index is 10.3. The Morgan fingerprint density at radius 2 is 2.17 bits per heavy atom. The SMILES string of the molecule is C=CCCCOC1OC2COC(c3ccco3)OC2C(O)C1O. The number of fused-ring (bicyclic) bond motifs is 1. The van der Waals surface area contributed by atoms with Crippen LogP contribution in [0.1, 0.15) is 24.9 Å². The lowest BCUT2D eigenvalue weighted by Gasteiger charge is -2.45. The number of rotatable bonds is 6. The van der Waals surface area contributed by atoms with Crippen LogP contribution < -0.4 is 0 Å². The lowest BCUT2D eigenvalue weighted by atomic mass is 9.98. The third-order valence-corrected chi connectivity index (χ3v) is 3.94.